The number of amides is 1. The van der Waals surface area contributed by atoms with Gasteiger partial charge in [-0.15, -0.1) is 0 Å². The van der Waals surface area contributed by atoms with Crippen molar-refractivity contribution < 1.29 is 9.72 Å². The van der Waals surface area contributed by atoms with Gasteiger partial charge >= 0.3 is 0 Å². The highest BCUT2D eigenvalue weighted by atomic mass is 16.6. The molecule has 2 rings (SSSR count). The van der Waals surface area contributed by atoms with Gasteiger partial charge in [0.15, 0.2) is 0 Å². The highest BCUT2D eigenvalue weighted by Gasteiger charge is 2.29. The molecule has 1 fully saturated rings. The van der Waals surface area contributed by atoms with Crippen LogP contribution in [0.15, 0.2) is 18.2 Å². The quantitative estimate of drug-likeness (QED) is 0.672. The molecule has 1 aromatic carbocycles. The van der Waals surface area contributed by atoms with Gasteiger partial charge in [0.05, 0.1) is 4.92 Å². The van der Waals surface area contributed by atoms with E-state index in [0.717, 1.165) is 6.42 Å². The molecule has 1 aromatic rings. The molecule has 1 aliphatic rings. The molecule has 0 aromatic heterocycles. The smallest absolute Gasteiger partial charge is 0.269 e. The molecule has 20 heavy (non-hydrogen) atoms. The molecule has 1 aliphatic heterocycles. The van der Waals surface area contributed by atoms with E-state index < -0.39 is 4.92 Å². The van der Waals surface area contributed by atoms with E-state index in [2.05, 4.69) is 0 Å². The zero-order valence-electron chi connectivity index (χ0n) is 11.7. The van der Waals surface area contributed by atoms with E-state index >= 15 is 0 Å². The lowest BCUT2D eigenvalue weighted by Crippen LogP contribution is -2.33. The van der Waals surface area contributed by atoms with Gasteiger partial charge in [-0.1, -0.05) is 0 Å². The number of likely N-dealkylation sites (tertiary alicyclic amines) is 1. The number of nitrogens with two attached hydrogens (primary N) is 1. The molecule has 2 atom stereocenters. The van der Waals surface area contributed by atoms with Crippen LogP contribution in [0.25, 0.3) is 0 Å². The summed E-state index contributed by atoms with van der Waals surface area (Å²) in [4.78, 5) is 24.5. The first-order valence-electron chi connectivity index (χ1n) is 6.70. The first-order chi connectivity index (χ1) is 9.40. The Bertz CT molecular complexity index is 542. The minimum Gasteiger partial charge on any atom is -0.338 e. The summed E-state index contributed by atoms with van der Waals surface area (Å²) in [5, 5.41) is 10.7. The summed E-state index contributed by atoms with van der Waals surface area (Å²) in [5.74, 6) is 0.262. The van der Waals surface area contributed by atoms with Gasteiger partial charge in [-0.05, 0) is 37.8 Å². The number of nitro groups is 1. The third kappa shape index (κ3) is 2.80. The van der Waals surface area contributed by atoms with Gasteiger partial charge in [-0.25, -0.2) is 0 Å². The van der Waals surface area contributed by atoms with Crippen LogP contribution in [0, 0.1) is 23.0 Å². The van der Waals surface area contributed by atoms with Crippen LogP contribution in [0.5, 0.6) is 0 Å². The number of hydrogen-bond donors (Lipinski definition) is 1. The summed E-state index contributed by atoms with van der Waals surface area (Å²) in [6.07, 6.45) is 0.912. The van der Waals surface area contributed by atoms with Gasteiger partial charge in [0.1, 0.15) is 0 Å². The van der Waals surface area contributed by atoms with Crippen molar-refractivity contribution in [1.82, 2.24) is 4.90 Å². The SMILES string of the molecule is Cc1cc([N+](=O)[O-])ccc1C(=O)N1CCC(C(C)N)C1. The summed E-state index contributed by atoms with van der Waals surface area (Å²) in [6, 6.07) is 4.42. The van der Waals surface area contributed by atoms with Crippen molar-refractivity contribution in [2.75, 3.05) is 13.1 Å². The fraction of sp³-hybridized carbons (Fsp3) is 0.500. The second-order valence-corrected chi connectivity index (χ2v) is 5.42. The van der Waals surface area contributed by atoms with E-state index in [9.17, 15) is 14.9 Å². The highest BCUT2D eigenvalue weighted by Crippen LogP contribution is 2.23. The monoisotopic (exact) mass is 277 g/mol. The van der Waals surface area contributed by atoms with E-state index in [1.165, 1.54) is 18.2 Å². The standard InChI is InChI=1S/C14H19N3O3/c1-9-7-12(17(19)20)3-4-13(9)14(18)16-6-5-11(8-16)10(2)15/h3-4,7,10-11H,5-6,8,15H2,1-2H3. The maximum Gasteiger partial charge on any atom is 0.269 e. The van der Waals surface area contributed by atoms with Gasteiger partial charge in [0, 0.05) is 36.8 Å². The van der Waals surface area contributed by atoms with Crippen LogP contribution < -0.4 is 5.73 Å². The van der Waals surface area contributed by atoms with Crippen molar-refractivity contribution in [3.63, 3.8) is 0 Å². The molecule has 108 valence electrons. The van der Waals surface area contributed by atoms with E-state index in [1.807, 2.05) is 6.92 Å². The van der Waals surface area contributed by atoms with Gasteiger partial charge in [-0.2, -0.15) is 0 Å². The zero-order chi connectivity index (χ0) is 14.9. The van der Waals surface area contributed by atoms with Crippen molar-refractivity contribution in [3.05, 3.63) is 39.4 Å². The molecular formula is C14H19N3O3. The van der Waals surface area contributed by atoms with Gasteiger partial charge < -0.3 is 10.6 Å². The maximum absolute atomic E-state index is 12.4. The molecule has 1 amide bonds. The third-order valence-corrected chi connectivity index (χ3v) is 3.91. The topological polar surface area (TPSA) is 89.5 Å². The first-order valence-corrected chi connectivity index (χ1v) is 6.70. The van der Waals surface area contributed by atoms with E-state index in [0.29, 0.717) is 30.1 Å². The number of rotatable bonds is 3. The molecule has 2 N–H and O–H groups in total. The Morgan fingerprint density at radius 2 is 2.25 bits per heavy atom. The molecule has 0 aliphatic carbocycles. The lowest BCUT2D eigenvalue weighted by Gasteiger charge is -2.19. The average Bonchev–Trinajstić information content (AvgIpc) is 2.87. The number of aryl methyl sites for hydroxylation is 1. The molecule has 6 nitrogen and oxygen atoms in total. The molecule has 0 radical (unpaired) electrons. The third-order valence-electron chi connectivity index (χ3n) is 3.91. The zero-order valence-corrected chi connectivity index (χ0v) is 11.7. The normalized spacial score (nSPS) is 19.9. The number of nitrogens with zero attached hydrogens (tertiary/aromatic N) is 2. The van der Waals surface area contributed by atoms with Crippen molar-refractivity contribution in [3.8, 4) is 0 Å². The number of nitro benzene ring substituents is 1. The highest BCUT2D eigenvalue weighted by molar-refractivity contribution is 5.96. The number of non-ortho nitro benzene ring substituents is 1. The predicted molar refractivity (Wildman–Crippen MR) is 75.5 cm³/mol. The number of carbonyl (C=O) groups is 1. The lowest BCUT2D eigenvalue weighted by atomic mass is 10.0. The van der Waals surface area contributed by atoms with E-state index in [-0.39, 0.29) is 17.6 Å². The minimum absolute atomic E-state index is 0.00827. The van der Waals surface area contributed by atoms with Crippen molar-refractivity contribution in [2.45, 2.75) is 26.3 Å². The van der Waals surface area contributed by atoms with Crippen LogP contribution in [0.2, 0.25) is 0 Å². The van der Waals surface area contributed by atoms with Gasteiger partial charge in [0.25, 0.3) is 11.6 Å². The van der Waals surface area contributed by atoms with Gasteiger partial charge in [-0.3, -0.25) is 14.9 Å². The Labute approximate surface area is 117 Å². The number of hydrogen-bond acceptors (Lipinski definition) is 4. The van der Waals surface area contributed by atoms with Crippen LogP contribution in [0.4, 0.5) is 5.69 Å². The summed E-state index contributed by atoms with van der Waals surface area (Å²) in [7, 11) is 0. The second kappa shape index (κ2) is 5.58. The Balaban J connectivity index is 2.16. The Kier molecular flexibility index (Phi) is 4.04. The van der Waals surface area contributed by atoms with E-state index in [1.54, 1.807) is 11.8 Å². The molecule has 0 bridgehead atoms. The summed E-state index contributed by atoms with van der Waals surface area (Å²) < 4.78 is 0. The van der Waals surface area contributed by atoms with E-state index in [4.69, 9.17) is 5.73 Å². The Morgan fingerprint density at radius 3 is 2.75 bits per heavy atom. The van der Waals surface area contributed by atoms with Crippen LogP contribution in [-0.2, 0) is 0 Å². The summed E-state index contributed by atoms with van der Waals surface area (Å²) in [6.45, 7) is 5.03. The van der Waals surface area contributed by atoms with Crippen LogP contribution in [0.3, 0.4) is 0 Å². The molecular weight excluding hydrogens is 258 g/mol. The molecule has 1 saturated heterocycles. The predicted octanol–water partition coefficient (Wildman–Crippen LogP) is 1.71. The molecule has 0 saturated carbocycles. The molecule has 2 unspecified atom stereocenters. The fourth-order valence-electron chi connectivity index (χ4n) is 2.57. The lowest BCUT2D eigenvalue weighted by molar-refractivity contribution is -0.384. The fourth-order valence-corrected chi connectivity index (χ4v) is 2.57. The largest absolute Gasteiger partial charge is 0.338 e. The summed E-state index contributed by atoms with van der Waals surface area (Å²) >= 11 is 0. The van der Waals surface area contributed by atoms with Crippen molar-refractivity contribution in [2.24, 2.45) is 11.7 Å². The van der Waals surface area contributed by atoms with Crippen LogP contribution >= 0.6 is 0 Å². The number of benzene rings is 1. The molecule has 0 spiro atoms. The summed E-state index contributed by atoms with van der Waals surface area (Å²) in [5.41, 5.74) is 7.04. The number of carbonyl (C=O) groups excluding carboxylic acids is 1. The van der Waals surface area contributed by atoms with Crippen molar-refractivity contribution in [1.29, 1.82) is 0 Å². The Hall–Kier alpha value is -1.95. The maximum atomic E-state index is 12.4. The molecule has 6 heteroatoms. The van der Waals surface area contributed by atoms with Crippen LogP contribution in [-0.4, -0.2) is 34.9 Å². The second-order valence-electron chi connectivity index (χ2n) is 5.42. The Morgan fingerprint density at radius 1 is 1.55 bits per heavy atom. The molecule has 1 heterocycles. The van der Waals surface area contributed by atoms with Crippen molar-refractivity contribution >= 4 is 11.6 Å². The van der Waals surface area contributed by atoms with Gasteiger partial charge in [0.2, 0.25) is 0 Å². The first kappa shape index (κ1) is 14.5. The van der Waals surface area contributed by atoms with Crippen LogP contribution in [0.1, 0.15) is 29.3 Å². The minimum atomic E-state index is -0.455. The average molecular weight is 277 g/mol.